The average molecular weight is 329 g/mol. The van der Waals surface area contributed by atoms with Crippen molar-refractivity contribution in [2.45, 2.75) is 25.6 Å². The Labute approximate surface area is 138 Å². The van der Waals surface area contributed by atoms with Crippen LogP contribution in [0.4, 0.5) is 5.69 Å². The molecule has 0 fully saturated rings. The number of aliphatic hydroxyl groups excluding tert-OH is 1. The molecule has 1 aromatic heterocycles. The fourth-order valence-electron chi connectivity index (χ4n) is 3.06. The lowest BCUT2D eigenvalue weighted by Gasteiger charge is -2.30. The fraction of sp³-hybridized carbons (Fsp3) is 0.353. The molecule has 7 nitrogen and oxygen atoms in total. The zero-order chi connectivity index (χ0) is 17.1. The Balaban J connectivity index is 1.64. The first-order valence-electron chi connectivity index (χ1n) is 7.85. The summed E-state index contributed by atoms with van der Waals surface area (Å²) in [7, 11) is 0. The molecule has 1 atom stereocenters. The van der Waals surface area contributed by atoms with Gasteiger partial charge in [0.15, 0.2) is 0 Å². The zero-order valence-electron chi connectivity index (χ0n) is 13.2. The Morgan fingerprint density at radius 2 is 1.92 bits per heavy atom. The summed E-state index contributed by atoms with van der Waals surface area (Å²) in [5, 5.41) is 21.1. The van der Waals surface area contributed by atoms with Crippen LogP contribution in [-0.4, -0.2) is 38.7 Å². The van der Waals surface area contributed by atoms with Crippen molar-refractivity contribution in [2.24, 2.45) is 0 Å². The SMILES string of the molecule is O=c1ccc([N+](=O)[O-])cn1C[C@@H](O)CN1CCc2ccccc2C1. The van der Waals surface area contributed by atoms with Gasteiger partial charge in [0.2, 0.25) is 0 Å². The van der Waals surface area contributed by atoms with E-state index in [9.17, 15) is 20.0 Å². The van der Waals surface area contributed by atoms with Crippen molar-refractivity contribution in [1.82, 2.24) is 9.47 Å². The highest BCUT2D eigenvalue weighted by atomic mass is 16.6. The van der Waals surface area contributed by atoms with E-state index in [1.165, 1.54) is 28.0 Å². The highest BCUT2D eigenvalue weighted by Crippen LogP contribution is 2.18. The molecule has 0 amide bonds. The smallest absolute Gasteiger partial charge is 0.285 e. The summed E-state index contributed by atoms with van der Waals surface area (Å²) in [6.45, 7) is 2.07. The molecule has 2 aromatic rings. The number of rotatable bonds is 5. The quantitative estimate of drug-likeness (QED) is 0.657. The summed E-state index contributed by atoms with van der Waals surface area (Å²) < 4.78 is 1.20. The molecular weight excluding hydrogens is 310 g/mol. The summed E-state index contributed by atoms with van der Waals surface area (Å²) in [4.78, 5) is 24.2. The van der Waals surface area contributed by atoms with Crippen LogP contribution in [0.15, 0.2) is 47.4 Å². The van der Waals surface area contributed by atoms with E-state index in [1.54, 1.807) is 0 Å². The van der Waals surface area contributed by atoms with Gasteiger partial charge in [-0.25, -0.2) is 0 Å². The molecule has 0 radical (unpaired) electrons. The number of nitro groups is 1. The Hall–Kier alpha value is -2.51. The summed E-state index contributed by atoms with van der Waals surface area (Å²) in [5.74, 6) is 0. The number of β-amino-alcohol motifs (C(OH)–C–C–N with tert-alkyl or cyclic N) is 1. The first-order valence-corrected chi connectivity index (χ1v) is 7.85. The Morgan fingerprint density at radius 3 is 2.67 bits per heavy atom. The molecule has 3 rings (SSSR count). The van der Waals surface area contributed by atoms with Crippen molar-refractivity contribution < 1.29 is 10.0 Å². The van der Waals surface area contributed by atoms with Gasteiger partial charge in [-0.05, 0) is 17.5 Å². The first-order chi connectivity index (χ1) is 11.5. The van der Waals surface area contributed by atoms with Gasteiger partial charge in [-0.1, -0.05) is 24.3 Å². The van der Waals surface area contributed by atoms with Crippen LogP contribution in [0.3, 0.4) is 0 Å². The van der Waals surface area contributed by atoms with Crippen LogP contribution >= 0.6 is 0 Å². The molecule has 0 saturated heterocycles. The van der Waals surface area contributed by atoms with Gasteiger partial charge in [0.25, 0.3) is 11.2 Å². The number of hydrogen-bond donors (Lipinski definition) is 1. The lowest BCUT2D eigenvalue weighted by molar-refractivity contribution is -0.385. The molecule has 1 N–H and O–H groups in total. The number of aliphatic hydroxyl groups is 1. The average Bonchev–Trinajstić information content (AvgIpc) is 2.56. The second-order valence-corrected chi connectivity index (χ2v) is 6.04. The molecule has 0 unspecified atom stereocenters. The topological polar surface area (TPSA) is 88.6 Å². The first kappa shape index (κ1) is 16.4. The van der Waals surface area contributed by atoms with Gasteiger partial charge in [0.05, 0.1) is 23.8 Å². The van der Waals surface area contributed by atoms with Crippen LogP contribution in [0.1, 0.15) is 11.1 Å². The number of pyridine rings is 1. The van der Waals surface area contributed by atoms with E-state index in [0.29, 0.717) is 6.54 Å². The number of fused-ring (bicyclic) bond motifs is 1. The van der Waals surface area contributed by atoms with E-state index in [2.05, 4.69) is 17.0 Å². The number of benzene rings is 1. The standard InChI is InChI=1S/C17H19N3O4/c21-16(12-19-10-15(20(23)24)5-6-17(19)22)11-18-8-7-13-3-1-2-4-14(13)9-18/h1-6,10,16,21H,7-9,11-12H2/t16-/m0/s1. The normalized spacial score (nSPS) is 15.7. The van der Waals surface area contributed by atoms with Crippen LogP contribution in [0.2, 0.25) is 0 Å². The van der Waals surface area contributed by atoms with Gasteiger partial charge in [0.1, 0.15) is 0 Å². The van der Waals surface area contributed by atoms with Crippen molar-refractivity contribution in [3.8, 4) is 0 Å². The third-order valence-corrected chi connectivity index (χ3v) is 4.26. The van der Waals surface area contributed by atoms with Gasteiger partial charge < -0.3 is 9.67 Å². The summed E-state index contributed by atoms with van der Waals surface area (Å²) in [5.41, 5.74) is 2.07. The minimum Gasteiger partial charge on any atom is -0.390 e. The Bertz CT molecular complexity index is 802. The van der Waals surface area contributed by atoms with Crippen LogP contribution in [-0.2, 0) is 19.5 Å². The molecular formula is C17H19N3O4. The molecule has 1 aromatic carbocycles. The molecule has 1 aliphatic rings. The molecule has 2 heterocycles. The van der Waals surface area contributed by atoms with Crippen LogP contribution in [0.5, 0.6) is 0 Å². The van der Waals surface area contributed by atoms with Crippen molar-refractivity contribution in [3.63, 3.8) is 0 Å². The van der Waals surface area contributed by atoms with Crippen molar-refractivity contribution in [1.29, 1.82) is 0 Å². The Kier molecular flexibility index (Phi) is 4.73. The van der Waals surface area contributed by atoms with Crippen molar-refractivity contribution in [2.75, 3.05) is 13.1 Å². The molecule has 126 valence electrons. The van der Waals surface area contributed by atoms with Crippen LogP contribution in [0, 0.1) is 10.1 Å². The van der Waals surface area contributed by atoms with Gasteiger partial charge in [-0.2, -0.15) is 0 Å². The lowest BCUT2D eigenvalue weighted by atomic mass is 10.00. The summed E-state index contributed by atoms with van der Waals surface area (Å²) in [6, 6.07) is 10.6. The van der Waals surface area contributed by atoms with Crippen molar-refractivity contribution >= 4 is 5.69 Å². The molecule has 0 bridgehead atoms. The minimum absolute atomic E-state index is 0.0403. The minimum atomic E-state index is -0.769. The predicted octanol–water partition coefficient (Wildman–Crippen LogP) is 1.18. The maximum Gasteiger partial charge on any atom is 0.285 e. The molecule has 0 saturated carbocycles. The third-order valence-electron chi connectivity index (χ3n) is 4.26. The van der Waals surface area contributed by atoms with Gasteiger partial charge in [-0.15, -0.1) is 0 Å². The number of nitrogens with zero attached hydrogens (tertiary/aromatic N) is 3. The molecule has 24 heavy (non-hydrogen) atoms. The number of hydrogen-bond acceptors (Lipinski definition) is 5. The molecule has 7 heteroatoms. The van der Waals surface area contributed by atoms with Gasteiger partial charge >= 0.3 is 0 Å². The van der Waals surface area contributed by atoms with E-state index in [1.807, 2.05) is 12.1 Å². The second kappa shape index (κ2) is 6.94. The highest BCUT2D eigenvalue weighted by Gasteiger charge is 2.19. The second-order valence-electron chi connectivity index (χ2n) is 6.04. The number of aromatic nitrogens is 1. The van der Waals surface area contributed by atoms with Gasteiger partial charge in [0, 0.05) is 31.8 Å². The maximum absolute atomic E-state index is 11.8. The zero-order valence-corrected chi connectivity index (χ0v) is 13.2. The monoisotopic (exact) mass is 329 g/mol. The van der Waals surface area contributed by atoms with E-state index in [4.69, 9.17) is 0 Å². The highest BCUT2D eigenvalue weighted by molar-refractivity contribution is 5.29. The van der Waals surface area contributed by atoms with Crippen LogP contribution < -0.4 is 5.56 Å². The molecule has 0 spiro atoms. The van der Waals surface area contributed by atoms with Gasteiger partial charge in [-0.3, -0.25) is 19.8 Å². The van der Waals surface area contributed by atoms with E-state index in [0.717, 1.165) is 25.6 Å². The fourth-order valence-corrected chi connectivity index (χ4v) is 3.06. The Morgan fingerprint density at radius 1 is 1.17 bits per heavy atom. The predicted molar refractivity (Wildman–Crippen MR) is 88.8 cm³/mol. The largest absolute Gasteiger partial charge is 0.390 e. The third kappa shape index (κ3) is 3.69. The molecule has 0 aliphatic carbocycles. The van der Waals surface area contributed by atoms with E-state index >= 15 is 0 Å². The molecule has 1 aliphatic heterocycles. The summed E-state index contributed by atoms with van der Waals surface area (Å²) >= 11 is 0. The van der Waals surface area contributed by atoms with E-state index < -0.39 is 11.0 Å². The maximum atomic E-state index is 11.8. The summed E-state index contributed by atoms with van der Waals surface area (Å²) in [6.07, 6.45) is 1.34. The van der Waals surface area contributed by atoms with Crippen molar-refractivity contribution in [3.05, 3.63) is 74.2 Å². The van der Waals surface area contributed by atoms with E-state index in [-0.39, 0.29) is 17.8 Å². The van der Waals surface area contributed by atoms with Crippen LogP contribution in [0.25, 0.3) is 0 Å². The lowest BCUT2D eigenvalue weighted by Crippen LogP contribution is -2.39.